The Balaban J connectivity index is 1.76. The Morgan fingerprint density at radius 2 is 1.68 bits per heavy atom. The number of hydrogen-bond acceptors (Lipinski definition) is 7. The van der Waals surface area contributed by atoms with Gasteiger partial charge in [-0.05, 0) is 55.3 Å². The first-order valence-electron chi connectivity index (χ1n) is 13.5. The standard InChI is InChI=1S/C30H35N3O7S/c1-4-26(30(35)31-5-2)32(20-22-10-9-11-24(18-22)38-3)29(34)21-33(41(36,37)25-12-7-6-8-13-25)23-14-15-27-28(19-23)40-17-16-39-27/h6-15,18-19,26H,4-5,16-17,20-21H2,1-3H3,(H,31,35). The lowest BCUT2D eigenvalue weighted by Crippen LogP contribution is -2.52. The third kappa shape index (κ3) is 6.91. The monoisotopic (exact) mass is 581 g/mol. The highest BCUT2D eigenvalue weighted by Gasteiger charge is 2.34. The largest absolute Gasteiger partial charge is 0.497 e. The van der Waals surface area contributed by atoms with Crippen LogP contribution in [0.5, 0.6) is 17.2 Å². The van der Waals surface area contributed by atoms with Crippen molar-refractivity contribution in [1.29, 1.82) is 0 Å². The second kappa shape index (κ2) is 13.4. The minimum Gasteiger partial charge on any atom is -0.497 e. The van der Waals surface area contributed by atoms with Crippen LogP contribution < -0.4 is 23.8 Å². The van der Waals surface area contributed by atoms with Crippen LogP contribution in [-0.4, -0.2) is 64.6 Å². The van der Waals surface area contributed by atoms with Gasteiger partial charge in [-0.2, -0.15) is 0 Å². The maximum Gasteiger partial charge on any atom is 0.264 e. The lowest BCUT2D eigenvalue weighted by molar-refractivity contribution is -0.140. The molecule has 0 aromatic heterocycles. The van der Waals surface area contributed by atoms with Gasteiger partial charge in [0.05, 0.1) is 17.7 Å². The lowest BCUT2D eigenvalue weighted by atomic mass is 10.1. The van der Waals surface area contributed by atoms with Crippen molar-refractivity contribution in [3.63, 3.8) is 0 Å². The molecule has 2 amide bonds. The van der Waals surface area contributed by atoms with Crippen LogP contribution >= 0.6 is 0 Å². The lowest BCUT2D eigenvalue weighted by Gasteiger charge is -2.33. The van der Waals surface area contributed by atoms with Crippen LogP contribution in [0, 0.1) is 0 Å². The molecule has 1 N–H and O–H groups in total. The number of amides is 2. The van der Waals surface area contributed by atoms with E-state index in [2.05, 4.69) is 5.32 Å². The molecule has 1 heterocycles. The van der Waals surface area contributed by atoms with Crippen molar-refractivity contribution in [2.45, 2.75) is 37.8 Å². The molecule has 3 aromatic rings. The van der Waals surface area contributed by atoms with Gasteiger partial charge in [0.25, 0.3) is 10.0 Å². The van der Waals surface area contributed by atoms with Crippen LogP contribution in [0.2, 0.25) is 0 Å². The second-order valence-corrected chi connectivity index (χ2v) is 11.2. The Morgan fingerprint density at radius 3 is 2.37 bits per heavy atom. The van der Waals surface area contributed by atoms with E-state index in [0.717, 1.165) is 9.87 Å². The number of sulfonamides is 1. The average molecular weight is 582 g/mol. The maximum absolute atomic E-state index is 14.1. The van der Waals surface area contributed by atoms with Gasteiger partial charge in [-0.1, -0.05) is 37.3 Å². The predicted octanol–water partition coefficient (Wildman–Crippen LogP) is 3.61. The summed E-state index contributed by atoms with van der Waals surface area (Å²) in [6, 6.07) is 19.0. The Labute approximate surface area is 240 Å². The van der Waals surface area contributed by atoms with E-state index in [1.807, 2.05) is 13.0 Å². The molecule has 10 nitrogen and oxygen atoms in total. The molecule has 0 saturated carbocycles. The minimum atomic E-state index is -4.19. The van der Waals surface area contributed by atoms with Gasteiger partial charge >= 0.3 is 0 Å². The summed E-state index contributed by atoms with van der Waals surface area (Å²) in [6.45, 7) is 4.24. The Hall–Kier alpha value is -4.25. The molecule has 4 rings (SSSR count). The van der Waals surface area contributed by atoms with Gasteiger partial charge in [0.15, 0.2) is 11.5 Å². The van der Waals surface area contributed by atoms with Crippen molar-refractivity contribution >= 4 is 27.5 Å². The number of ether oxygens (including phenoxy) is 3. The molecule has 0 fully saturated rings. The highest BCUT2D eigenvalue weighted by Crippen LogP contribution is 2.36. The zero-order chi connectivity index (χ0) is 29.4. The number of rotatable bonds is 12. The van der Waals surface area contributed by atoms with Gasteiger partial charge in [-0.25, -0.2) is 8.42 Å². The van der Waals surface area contributed by atoms with Gasteiger partial charge in [0.2, 0.25) is 11.8 Å². The summed E-state index contributed by atoms with van der Waals surface area (Å²) in [7, 11) is -2.64. The molecule has 0 spiro atoms. The number of fused-ring (bicyclic) bond motifs is 1. The molecular formula is C30H35N3O7S. The molecule has 11 heteroatoms. The minimum absolute atomic E-state index is 0.0257. The van der Waals surface area contributed by atoms with Gasteiger partial charge < -0.3 is 24.4 Å². The zero-order valence-electron chi connectivity index (χ0n) is 23.4. The summed E-state index contributed by atoms with van der Waals surface area (Å²) in [5.41, 5.74) is 0.969. The summed E-state index contributed by atoms with van der Waals surface area (Å²) < 4.78 is 45.6. The molecule has 3 aromatic carbocycles. The molecule has 0 bridgehead atoms. The first-order chi connectivity index (χ1) is 19.8. The summed E-state index contributed by atoms with van der Waals surface area (Å²) in [4.78, 5) is 28.6. The van der Waals surface area contributed by atoms with E-state index < -0.39 is 28.5 Å². The first kappa shape index (κ1) is 29.7. The summed E-state index contributed by atoms with van der Waals surface area (Å²) >= 11 is 0. The van der Waals surface area contributed by atoms with E-state index in [1.54, 1.807) is 68.6 Å². The fourth-order valence-electron chi connectivity index (χ4n) is 4.61. The number of anilines is 1. The summed E-state index contributed by atoms with van der Waals surface area (Å²) in [6.07, 6.45) is 0.330. The third-order valence-electron chi connectivity index (χ3n) is 6.65. The number of nitrogens with one attached hydrogen (secondary N) is 1. The highest BCUT2D eigenvalue weighted by molar-refractivity contribution is 7.92. The molecule has 0 aliphatic carbocycles. The maximum atomic E-state index is 14.1. The average Bonchev–Trinajstić information content (AvgIpc) is 3.00. The SMILES string of the molecule is CCNC(=O)C(CC)N(Cc1cccc(OC)c1)C(=O)CN(c1ccc2c(c1)OCCO2)S(=O)(=O)c1ccccc1. The van der Waals surface area contributed by atoms with Gasteiger partial charge in [0.1, 0.15) is 31.5 Å². The Bertz CT molecular complexity index is 1460. The Kier molecular flexibility index (Phi) is 9.72. The molecule has 218 valence electrons. The number of benzene rings is 3. The van der Waals surface area contributed by atoms with E-state index in [9.17, 15) is 18.0 Å². The van der Waals surface area contributed by atoms with Crippen molar-refractivity contribution in [2.75, 3.05) is 37.7 Å². The van der Waals surface area contributed by atoms with Crippen LogP contribution in [0.1, 0.15) is 25.8 Å². The van der Waals surface area contributed by atoms with Crippen LogP contribution in [0.15, 0.2) is 77.7 Å². The third-order valence-corrected chi connectivity index (χ3v) is 8.44. The number of nitrogens with zero attached hydrogens (tertiary/aromatic N) is 2. The van der Waals surface area contributed by atoms with E-state index in [4.69, 9.17) is 14.2 Å². The van der Waals surface area contributed by atoms with Crippen LogP contribution in [-0.2, 0) is 26.2 Å². The first-order valence-corrected chi connectivity index (χ1v) is 14.9. The van der Waals surface area contributed by atoms with Crippen LogP contribution in [0.3, 0.4) is 0 Å². The molecular weight excluding hydrogens is 546 g/mol. The van der Waals surface area contributed by atoms with Crippen molar-refractivity contribution in [2.24, 2.45) is 0 Å². The van der Waals surface area contributed by atoms with Crippen LogP contribution in [0.4, 0.5) is 5.69 Å². The van der Waals surface area contributed by atoms with E-state index in [0.29, 0.717) is 43.4 Å². The smallest absolute Gasteiger partial charge is 0.264 e. The molecule has 0 saturated heterocycles. The fourth-order valence-corrected chi connectivity index (χ4v) is 6.04. The quantitative estimate of drug-likeness (QED) is 0.348. The van der Waals surface area contributed by atoms with Crippen LogP contribution in [0.25, 0.3) is 0 Å². The van der Waals surface area contributed by atoms with Crippen molar-refractivity contribution in [3.05, 3.63) is 78.4 Å². The molecule has 1 unspecified atom stereocenters. The van der Waals surface area contributed by atoms with Gasteiger partial charge in [0, 0.05) is 19.2 Å². The van der Waals surface area contributed by atoms with E-state index >= 15 is 0 Å². The number of hydrogen-bond donors (Lipinski definition) is 1. The zero-order valence-corrected chi connectivity index (χ0v) is 24.2. The molecule has 0 radical (unpaired) electrons. The van der Waals surface area contributed by atoms with E-state index in [1.165, 1.54) is 17.0 Å². The molecule has 41 heavy (non-hydrogen) atoms. The van der Waals surface area contributed by atoms with Gasteiger partial charge in [-0.3, -0.25) is 13.9 Å². The highest BCUT2D eigenvalue weighted by atomic mass is 32.2. The molecule has 1 atom stereocenters. The van der Waals surface area contributed by atoms with E-state index in [-0.39, 0.29) is 23.0 Å². The van der Waals surface area contributed by atoms with Crippen molar-refractivity contribution in [1.82, 2.24) is 10.2 Å². The second-order valence-electron chi connectivity index (χ2n) is 9.34. The van der Waals surface area contributed by atoms with Crippen molar-refractivity contribution < 1.29 is 32.2 Å². The molecule has 1 aliphatic rings. The normalized spacial score (nSPS) is 13.1. The van der Waals surface area contributed by atoms with Gasteiger partial charge in [-0.15, -0.1) is 0 Å². The summed E-state index contributed by atoms with van der Waals surface area (Å²) in [5.74, 6) is 0.621. The number of methoxy groups -OCH3 is 1. The summed E-state index contributed by atoms with van der Waals surface area (Å²) in [5, 5.41) is 2.80. The Morgan fingerprint density at radius 1 is 0.951 bits per heavy atom. The topological polar surface area (TPSA) is 114 Å². The fraction of sp³-hybridized carbons (Fsp3) is 0.333. The molecule has 1 aliphatic heterocycles. The van der Waals surface area contributed by atoms with Crippen molar-refractivity contribution in [3.8, 4) is 17.2 Å². The number of carbonyl (C=O) groups is 2. The number of likely N-dealkylation sites (N-methyl/N-ethyl adjacent to an activating group) is 1. The predicted molar refractivity (Wildman–Crippen MR) is 155 cm³/mol. The number of carbonyl (C=O) groups excluding carboxylic acids is 2.